The third-order valence-electron chi connectivity index (χ3n) is 5.73. The summed E-state index contributed by atoms with van der Waals surface area (Å²) in [5, 5.41) is 21.7. The molecule has 1 atom stereocenters. The molecule has 6 heteroatoms. The number of phenols is 1. The number of hydrogen-bond acceptors (Lipinski definition) is 4. The van der Waals surface area contributed by atoms with Gasteiger partial charge in [0.2, 0.25) is 5.91 Å². The van der Waals surface area contributed by atoms with Gasteiger partial charge >= 0.3 is 5.97 Å². The second kappa shape index (κ2) is 8.54. The van der Waals surface area contributed by atoms with E-state index >= 15 is 0 Å². The molecule has 1 aliphatic carbocycles. The first kappa shape index (κ1) is 18.7. The number of aromatic hydroxyl groups is 1. The van der Waals surface area contributed by atoms with Crippen LogP contribution in [0.5, 0.6) is 5.75 Å². The van der Waals surface area contributed by atoms with Crippen molar-refractivity contribution in [3.63, 3.8) is 0 Å². The quantitative estimate of drug-likeness (QED) is 0.751. The predicted molar refractivity (Wildman–Crippen MR) is 97.8 cm³/mol. The van der Waals surface area contributed by atoms with Crippen LogP contribution in [0.3, 0.4) is 0 Å². The number of aliphatic carboxylic acids is 1. The standard InChI is InChI=1S/C20H28N2O4/c23-17-8-4-5-15(13-17)18(20(25)26)21-19(24)14-9-11-22(12-10-14)16-6-2-1-3-7-16/h4-5,8,13-14,16,18,23H,1-3,6-7,9-12H2,(H,21,24)(H,25,26). The largest absolute Gasteiger partial charge is 0.508 e. The Morgan fingerprint density at radius 1 is 1.08 bits per heavy atom. The number of phenolic OH excluding ortho intramolecular Hbond substituents is 1. The molecule has 1 aromatic rings. The molecule has 1 unspecified atom stereocenters. The van der Waals surface area contributed by atoms with Crippen LogP contribution in [-0.4, -0.2) is 46.1 Å². The zero-order valence-electron chi connectivity index (χ0n) is 15.1. The van der Waals surface area contributed by atoms with Crippen LogP contribution in [0.2, 0.25) is 0 Å². The molecule has 0 bridgehead atoms. The van der Waals surface area contributed by atoms with Gasteiger partial charge in [-0.25, -0.2) is 4.79 Å². The molecule has 2 fully saturated rings. The number of carboxylic acid groups (broad SMARTS) is 1. The summed E-state index contributed by atoms with van der Waals surface area (Å²) in [6.07, 6.45) is 8.00. The van der Waals surface area contributed by atoms with E-state index in [1.54, 1.807) is 12.1 Å². The van der Waals surface area contributed by atoms with Crippen molar-refractivity contribution in [2.75, 3.05) is 13.1 Å². The molecular formula is C20H28N2O4. The zero-order valence-corrected chi connectivity index (χ0v) is 15.1. The molecule has 1 saturated heterocycles. The van der Waals surface area contributed by atoms with Crippen molar-refractivity contribution in [3.05, 3.63) is 29.8 Å². The van der Waals surface area contributed by atoms with Crippen LogP contribution < -0.4 is 5.32 Å². The molecule has 1 amide bonds. The molecule has 142 valence electrons. The van der Waals surface area contributed by atoms with Crippen LogP contribution in [0.25, 0.3) is 0 Å². The van der Waals surface area contributed by atoms with Crippen molar-refractivity contribution in [2.24, 2.45) is 5.92 Å². The summed E-state index contributed by atoms with van der Waals surface area (Å²) in [6.45, 7) is 1.82. The van der Waals surface area contributed by atoms with Gasteiger partial charge in [-0.05, 0) is 56.5 Å². The highest BCUT2D eigenvalue weighted by atomic mass is 16.4. The summed E-state index contributed by atoms with van der Waals surface area (Å²) in [6, 6.07) is 5.56. The van der Waals surface area contributed by atoms with E-state index in [0.29, 0.717) is 11.6 Å². The normalized spacial score (nSPS) is 21.2. The number of piperidine rings is 1. The van der Waals surface area contributed by atoms with E-state index in [2.05, 4.69) is 10.2 Å². The molecule has 6 nitrogen and oxygen atoms in total. The maximum Gasteiger partial charge on any atom is 0.330 e. The maximum atomic E-state index is 12.6. The Balaban J connectivity index is 1.56. The highest BCUT2D eigenvalue weighted by Crippen LogP contribution is 2.28. The Bertz CT molecular complexity index is 634. The number of carbonyl (C=O) groups is 2. The van der Waals surface area contributed by atoms with Crippen LogP contribution in [0.4, 0.5) is 0 Å². The molecular weight excluding hydrogens is 332 g/mol. The van der Waals surface area contributed by atoms with Gasteiger partial charge in [0.15, 0.2) is 6.04 Å². The molecule has 26 heavy (non-hydrogen) atoms. The third kappa shape index (κ3) is 4.55. The van der Waals surface area contributed by atoms with Crippen LogP contribution in [0, 0.1) is 5.92 Å². The van der Waals surface area contributed by atoms with Gasteiger partial charge in [-0.15, -0.1) is 0 Å². The summed E-state index contributed by atoms with van der Waals surface area (Å²) in [5.74, 6) is -1.48. The topological polar surface area (TPSA) is 89.9 Å². The second-order valence-electron chi connectivity index (χ2n) is 7.48. The van der Waals surface area contributed by atoms with Gasteiger partial charge < -0.3 is 20.4 Å². The molecule has 1 aliphatic heterocycles. The third-order valence-corrected chi connectivity index (χ3v) is 5.73. The van der Waals surface area contributed by atoms with E-state index in [4.69, 9.17) is 0 Å². The molecule has 3 rings (SSSR count). The Hall–Kier alpha value is -2.08. The average molecular weight is 360 g/mol. The zero-order chi connectivity index (χ0) is 18.5. The molecule has 1 heterocycles. The maximum absolute atomic E-state index is 12.6. The molecule has 0 spiro atoms. The average Bonchev–Trinajstić information content (AvgIpc) is 2.66. The van der Waals surface area contributed by atoms with Crippen LogP contribution in [-0.2, 0) is 9.59 Å². The number of rotatable bonds is 5. The minimum atomic E-state index is -1.13. The molecule has 0 aromatic heterocycles. The van der Waals surface area contributed by atoms with Crippen LogP contribution >= 0.6 is 0 Å². The SMILES string of the molecule is O=C(NC(C(=O)O)c1cccc(O)c1)C1CCN(C2CCCCC2)CC1. The molecule has 0 radical (unpaired) electrons. The van der Waals surface area contributed by atoms with Crippen molar-refractivity contribution in [1.82, 2.24) is 10.2 Å². The Kier molecular flexibility index (Phi) is 6.14. The molecule has 3 N–H and O–H groups in total. The van der Waals surface area contributed by atoms with E-state index in [0.717, 1.165) is 25.9 Å². The molecule has 1 aromatic carbocycles. The number of likely N-dealkylation sites (tertiary alicyclic amines) is 1. The van der Waals surface area contributed by atoms with E-state index in [1.807, 2.05) is 0 Å². The summed E-state index contributed by atoms with van der Waals surface area (Å²) >= 11 is 0. The lowest BCUT2D eigenvalue weighted by molar-refractivity contribution is -0.143. The summed E-state index contributed by atoms with van der Waals surface area (Å²) in [7, 11) is 0. The predicted octanol–water partition coefficient (Wildman–Crippen LogP) is 2.68. The van der Waals surface area contributed by atoms with Crippen molar-refractivity contribution in [3.8, 4) is 5.75 Å². The van der Waals surface area contributed by atoms with Gasteiger partial charge in [0.1, 0.15) is 5.75 Å². The number of carbonyl (C=O) groups excluding carboxylic acids is 1. The monoisotopic (exact) mass is 360 g/mol. The number of nitrogens with zero attached hydrogens (tertiary/aromatic N) is 1. The summed E-state index contributed by atoms with van der Waals surface area (Å²) in [5.41, 5.74) is 0.380. The van der Waals surface area contributed by atoms with Gasteiger partial charge in [0, 0.05) is 12.0 Å². The van der Waals surface area contributed by atoms with Gasteiger partial charge in [0.25, 0.3) is 0 Å². The smallest absolute Gasteiger partial charge is 0.330 e. The van der Waals surface area contributed by atoms with Crippen LogP contribution in [0.15, 0.2) is 24.3 Å². The Labute approximate surface area is 154 Å². The number of carboxylic acids is 1. The highest BCUT2D eigenvalue weighted by Gasteiger charge is 2.31. The minimum absolute atomic E-state index is 0.0104. The number of nitrogens with one attached hydrogen (secondary N) is 1. The number of amides is 1. The number of hydrogen-bond donors (Lipinski definition) is 3. The Morgan fingerprint density at radius 2 is 1.77 bits per heavy atom. The van der Waals surface area contributed by atoms with Crippen molar-refractivity contribution in [2.45, 2.75) is 57.0 Å². The lowest BCUT2D eigenvalue weighted by atomic mass is 9.89. The van der Waals surface area contributed by atoms with Crippen molar-refractivity contribution >= 4 is 11.9 Å². The van der Waals surface area contributed by atoms with Gasteiger partial charge in [0.05, 0.1) is 0 Å². The van der Waals surface area contributed by atoms with E-state index in [1.165, 1.54) is 44.2 Å². The fourth-order valence-corrected chi connectivity index (χ4v) is 4.23. The van der Waals surface area contributed by atoms with Gasteiger partial charge in [-0.1, -0.05) is 31.4 Å². The van der Waals surface area contributed by atoms with Gasteiger partial charge in [-0.3, -0.25) is 4.79 Å². The minimum Gasteiger partial charge on any atom is -0.508 e. The summed E-state index contributed by atoms with van der Waals surface area (Å²) in [4.78, 5) is 26.7. The van der Waals surface area contributed by atoms with Gasteiger partial charge in [-0.2, -0.15) is 0 Å². The van der Waals surface area contributed by atoms with Crippen molar-refractivity contribution < 1.29 is 19.8 Å². The summed E-state index contributed by atoms with van der Waals surface area (Å²) < 4.78 is 0. The fraction of sp³-hybridized carbons (Fsp3) is 0.600. The highest BCUT2D eigenvalue weighted by molar-refractivity contribution is 5.86. The number of benzene rings is 1. The van der Waals surface area contributed by atoms with E-state index in [9.17, 15) is 19.8 Å². The Morgan fingerprint density at radius 3 is 2.38 bits per heavy atom. The first-order valence-corrected chi connectivity index (χ1v) is 9.61. The lowest BCUT2D eigenvalue weighted by Gasteiger charge is -2.39. The molecule has 2 aliphatic rings. The van der Waals surface area contributed by atoms with Crippen LogP contribution in [0.1, 0.15) is 56.6 Å². The van der Waals surface area contributed by atoms with Crippen molar-refractivity contribution in [1.29, 1.82) is 0 Å². The second-order valence-corrected chi connectivity index (χ2v) is 7.48. The fourth-order valence-electron chi connectivity index (χ4n) is 4.23. The first-order valence-electron chi connectivity index (χ1n) is 9.61. The lowest BCUT2D eigenvalue weighted by Crippen LogP contribution is -2.46. The van der Waals surface area contributed by atoms with E-state index in [-0.39, 0.29) is 17.6 Å². The van der Waals surface area contributed by atoms with E-state index < -0.39 is 12.0 Å². The molecule has 1 saturated carbocycles. The first-order chi connectivity index (χ1) is 12.5.